The number of hydrogen-bond donors (Lipinski definition) is 5. The quantitative estimate of drug-likeness (QED) is 0.101. The topological polar surface area (TPSA) is 232 Å². The molecule has 0 unspecified atom stereocenters. The number of carboxylic acid groups (broad SMARTS) is 4. The summed E-state index contributed by atoms with van der Waals surface area (Å²) in [5, 5.41) is 40.5. The average Bonchev–Trinajstić information content (AvgIpc) is 3.05. The number of unbranched alkanes of at least 4 members (excludes halogenated alkanes) is 2. The number of nitrogens with one attached hydrogen (secondary N) is 1. The number of rotatable bonds is 18. The van der Waals surface area contributed by atoms with Crippen molar-refractivity contribution in [3.8, 4) is 0 Å². The van der Waals surface area contributed by atoms with Gasteiger partial charge in [-0.15, -0.1) is 0 Å². The van der Waals surface area contributed by atoms with E-state index in [4.69, 9.17) is 0 Å². The van der Waals surface area contributed by atoms with E-state index in [1.54, 1.807) is 19.6 Å². The minimum atomic E-state index is -1.17. The number of carboxylic acids is 4. The lowest BCUT2D eigenvalue weighted by Crippen LogP contribution is -2.53. The van der Waals surface area contributed by atoms with Crippen molar-refractivity contribution >= 4 is 41.6 Å². The first-order valence-corrected chi connectivity index (χ1v) is 17.4. The third-order valence-electron chi connectivity index (χ3n) is 8.92. The monoisotopic (exact) mass is 713 g/mol. The number of piperidine rings is 1. The Morgan fingerprint density at radius 3 is 1.44 bits per heavy atom. The highest BCUT2D eigenvalue weighted by atomic mass is 16.4. The van der Waals surface area contributed by atoms with Gasteiger partial charge in [-0.25, -0.2) is 0 Å². The number of carbonyl (C=O) groups excluding carboxylic acids is 3. The molecule has 3 amide bonds. The number of likely N-dealkylation sites (tertiary alicyclic amines) is 1. The minimum Gasteiger partial charge on any atom is -0.480 e. The lowest BCUT2D eigenvalue weighted by molar-refractivity contribution is -0.148. The van der Waals surface area contributed by atoms with Gasteiger partial charge in [0.1, 0.15) is 6.54 Å². The molecule has 0 aliphatic carbocycles. The van der Waals surface area contributed by atoms with E-state index in [-0.39, 0.29) is 103 Å². The van der Waals surface area contributed by atoms with Crippen LogP contribution in [0.5, 0.6) is 0 Å². The fraction of sp³-hybridized carbons (Fsp3) is 0.781. The van der Waals surface area contributed by atoms with E-state index in [0.29, 0.717) is 32.5 Å². The molecular formula is C32H55N7O11. The van der Waals surface area contributed by atoms with Crippen LogP contribution in [-0.2, 0) is 33.6 Å². The largest absolute Gasteiger partial charge is 0.480 e. The molecule has 0 atom stereocenters. The summed E-state index contributed by atoms with van der Waals surface area (Å²) in [6, 6.07) is -0.410. The van der Waals surface area contributed by atoms with Gasteiger partial charge in [0, 0.05) is 90.9 Å². The summed E-state index contributed by atoms with van der Waals surface area (Å²) in [4.78, 5) is 94.6. The first-order chi connectivity index (χ1) is 23.8. The predicted molar refractivity (Wildman–Crippen MR) is 179 cm³/mol. The maximum Gasteiger partial charge on any atom is 0.323 e. The van der Waals surface area contributed by atoms with Gasteiger partial charge >= 0.3 is 23.9 Å². The van der Waals surface area contributed by atoms with Crippen molar-refractivity contribution in [2.75, 3.05) is 105 Å². The zero-order valence-corrected chi connectivity index (χ0v) is 29.2. The molecule has 2 heterocycles. The molecule has 2 saturated heterocycles. The number of carbonyl (C=O) groups is 7. The molecule has 50 heavy (non-hydrogen) atoms. The third-order valence-corrected chi connectivity index (χ3v) is 8.92. The van der Waals surface area contributed by atoms with Gasteiger partial charge in [-0.05, 0) is 19.3 Å². The Balaban J connectivity index is 2.03. The molecule has 0 aromatic rings. The molecule has 0 spiro atoms. The second-order valence-electron chi connectivity index (χ2n) is 12.9. The second kappa shape index (κ2) is 22.8. The van der Waals surface area contributed by atoms with Gasteiger partial charge in [-0.3, -0.25) is 53.2 Å². The zero-order valence-electron chi connectivity index (χ0n) is 29.2. The maximum absolute atomic E-state index is 13.5. The second-order valence-corrected chi connectivity index (χ2v) is 12.9. The number of hydrogen-bond acceptors (Lipinski definition) is 11. The third kappa shape index (κ3) is 17.2. The van der Waals surface area contributed by atoms with Crippen molar-refractivity contribution in [3.63, 3.8) is 0 Å². The van der Waals surface area contributed by atoms with Crippen molar-refractivity contribution in [2.24, 2.45) is 0 Å². The SMILES string of the molecule is CCCCCNC(=O)CCC(=O)N(CC(=O)O)C1CCN(C(=O)CN2CCN(CC(=O)O)CCN(CC(=O)O)CCN(CC(=O)O)CC2)CC1. The molecule has 5 N–H and O–H groups in total. The van der Waals surface area contributed by atoms with E-state index in [9.17, 15) is 54.0 Å². The van der Waals surface area contributed by atoms with Crippen molar-refractivity contribution in [1.29, 1.82) is 0 Å². The van der Waals surface area contributed by atoms with Crippen LogP contribution in [0.25, 0.3) is 0 Å². The highest BCUT2D eigenvalue weighted by Gasteiger charge is 2.32. The number of amides is 3. The lowest BCUT2D eigenvalue weighted by atomic mass is 10.0. The molecule has 2 rings (SSSR count). The van der Waals surface area contributed by atoms with E-state index < -0.39 is 42.4 Å². The summed E-state index contributed by atoms with van der Waals surface area (Å²) in [6.45, 7) is 4.08. The van der Waals surface area contributed by atoms with Crippen LogP contribution in [0.1, 0.15) is 51.9 Å². The van der Waals surface area contributed by atoms with E-state index in [2.05, 4.69) is 12.2 Å². The van der Waals surface area contributed by atoms with Crippen LogP contribution in [0.4, 0.5) is 0 Å². The Labute approximate surface area is 292 Å². The van der Waals surface area contributed by atoms with Gasteiger partial charge in [0.25, 0.3) is 0 Å². The molecule has 18 nitrogen and oxygen atoms in total. The summed E-state index contributed by atoms with van der Waals surface area (Å²) in [5.41, 5.74) is 0. The van der Waals surface area contributed by atoms with E-state index >= 15 is 0 Å². The lowest BCUT2D eigenvalue weighted by Gasteiger charge is -2.39. The fourth-order valence-corrected chi connectivity index (χ4v) is 6.13. The van der Waals surface area contributed by atoms with Crippen molar-refractivity contribution < 1.29 is 54.0 Å². The fourth-order valence-electron chi connectivity index (χ4n) is 6.13. The summed E-state index contributed by atoms with van der Waals surface area (Å²) in [6.07, 6.45) is 3.41. The van der Waals surface area contributed by atoms with E-state index in [1.807, 2.05) is 4.90 Å². The van der Waals surface area contributed by atoms with Gasteiger partial charge < -0.3 is 35.5 Å². The Hall–Kier alpha value is -3.87. The highest BCUT2D eigenvalue weighted by Crippen LogP contribution is 2.19. The smallest absolute Gasteiger partial charge is 0.323 e. The summed E-state index contributed by atoms with van der Waals surface area (Å²) in [7, 11) is 0. The standard InChI is InChI=1S/C32H55N7O11/c1-2-3-4-9-33-26(40)5-6-27(41)39(24-32(49)50)25-7-10-38(11-8-25)28(42)20-34-12-14-35(21-29(43)44)16-18-37(23-31(47)48)19-17-36(15-13-34)22-30(45)46/h25H,2-24H2,1H3,(H,33,40)(H,43,44)(H,45,46)(H,47,48)(H,49,50). The van der Waals surface area contributed by atoms with Crippen LogP contribution in [0.15, 0.2) is 0 Å². The first-order valence-electron chi connectivity index (χ1n) is 17.4. The summed E-state index contributed by atoms with van der Waals surface area (Å²) < 4.78 is 0. The van der Waals surface area contributed by atoms with Crippen molar-refractivity contribution in [2.45, 2.75) is 57.9 Å². The van der Waals surface area contributed by atoms with E-state index in [0.717, 1.165) is 19.3 Å². The number of aliphatic carboxylic acids is 4. The molecule has 284 valence electrons. The normalized spacial score (nSPS) is 18.1. The van der Waals surface area contributed by atoms with Crippen molar-refractivity contribution in [3.05, 3.63) is 0 Å². The Morgan fingerprint density at radius 2 is 1.04 bits per heavy atom. The van der Waals surface area contributed by atoms with Gasteiger partial charge in [-0.2, -0.15) is 0 Å². The summed E-state index contributed by atoms with van der Waals surface area (Å²) in [5.74, 6) is -5.18. The van der Waals surface area contributed by atoms with Crippen molar-refractivity contribution in [1.82, 2.24) is 34.7 Å². The average molecular weight is 714 g/mol. The van der Waals surface area contributed by atoms with Gasteiger partial charge in [0.15, 0.2) is 0 Å². The van der Waals surface area contributed by atoms with Crippen LogP contribution in [0.2, 0.25) is 0 Å². The van der Waals surface area contributed by atoms with Gasteiger partial charge in [0.2, 0.25) is 17.7 Å². The van der Waals surface area contributed by atoms with Crippen LogP contribution in [-0.4, -0.2) is 202 Å². The predicted octanol–water partition coefficient (Wildman–Crippen LogP) is -1.55. The molecule has 2 aliphatic rings. The molecule has 0 bridgehead atoms. The van der Waals surface area contributed by atoms with Crippen LogP contribution in [0.3, 0.4) is 0 Å². The highest BCUT2D eigenvalue weighted by molar-refractivity contribution is 5.86. The minimum absolute atomic E-state index is 0.0111. The molecule has 2 aliphatic heterocycles. The molecule has 0 aromatic heterocycles. The van der Waals surface area contributed by atoms with Gasteiger partial charge in [0.05, 0.1) is 26.2 Å². The molecule has 0 radical (unpaired) electrons. The molecule has 0 saturated carbocycles. The molecular weight excluding hydrogens is 658 g/mol. The summed E-state index contributed by atoms with van der Waals surface area (Å²) >= 11 is 0. The molecule has 0 aromatic carbocycles. The Bertz CT molecular complexity index is 1120. The van der Waals surface area contributed by atoms with E-state index in [1.165, 1.54) is 4.90 Å². The Morgan fingerprint density at radius 1 is 0.600 bits per heavy atom. The number of nitrogens with zero attached hydrogens (tertiary/aromatic N) is 6. The zero-order chi connectivity index (χ0) is 37.1. The van der Waals surface area contributed by atoms with Gasteiger partial charge in [-0.1, -0.05) is 19.8 Å². The molecule has 2 fully saturated rings. The van der Waals surface area contributed by atoms with Crippen LogP contribution in [0, 0.1) is 0 Å². The van der Waals surface area contributed by atoms with Crippen LogP contribution < -0.4 is 5.32 Å². The Kier molecular flexibility index (Phi) is 19.3. The maximum atomic E-state index is 13.5. The first kappa shape index (κ1) is 42.3. The molecule has 18 heteroatoms. The van der Waals surface area contributed by atoms with Crippen LogP contribution >= 0.6 is 0 Å².